The highest BCUT2D eigenvalue weighted by Crippen LogP contribution is 2.43. The maximum Gasteiger partial charge on any atom is 0.472 e. The van der Waals surface area contributed by atoms with Crippen molar-refractivity contribution in [3.63, 3.8) is 0 Å². The first kappa shape index (κ1) is 71.4. The molecule has 428 valence electrons. The first-order valence-electron chi connectivity index (χ1n) is 30.0. The number of rotatable bonds is 55. The van der Waals surface area contributed by atoms with Crippen LogP contribution in [-0.2, 0) is 32.7 Å². The Hall–Kier alpha value is -3.59. The van der Waals surface area contributed by atoms with Gasteiger partial charge in [0.1, 0.15) is 6.61 Å². The van der Waals surface area contributed by atoms with Gasteiger partial charge < -0.3 is 20.1 Å². The lowest BCUT2D eigenvalue weighted by molar-refractivity contribution is -0.161. The van der Waals surface area contributed by atoms with Crippen LogP contribution in [0.2, 0.25) is 0 Å². The minimum atomic E-state index is -4.40. The van der Waals surface area contributed by atoms with Crippen LogP contribution in [0.1, 0.15) is 245 Å². The van der Waals surface area contributed by atoms with Gasteiger partial charge in [0.15, 0.2) is 6.10 Å². The van der Waals surface area contributed by atoms with Crippen molar-refractivity contribution in [2.75, 3.05) is 26.4 Å². The Morgan fingerprint density at radius 2 is 0.693 bits per heavy atom. The van der Waals surface area contributed by atoms with Crippen molar-refractivity contribution in [1.82, 2.24) is 0 Å². The van der Waals surface area contributed by atoms with Crippen LogP contribution < -0.4 is 5.73 Å². The fourth-order valence-electron chi connectivity index (χ4n) is 7.98. The number of allylic oxidation sites excluding steroid dienone is 20. The number of carbonyl (C=O) groups is 2. The van der Waals surface area contributed by atoms with Crippen molar-refractivity contribution in [2.24, 2.45) is 5.73 Å². The molecular formula is C65H110NO8P. The van der Waals surface area contributed by atoms with E-state index in [1.807, 2.05) is 0 Å². The third-order valence-corrected chi connectivity index (χ3v) is 13.3. The lowest BCUT2D eigenvalue weighted by Crippen LogP contribution is -2.29. The molecule has 0 aromatic rings. The van der Waals surface area contributed by atoms with Gasteiger partial charge in [0.2, 0.25) is 0 Å². The van der Waals surface area contributed by atoms with E-state index in [4.69, 9.17) is 24.3 Å². The van der Waals surface area contributed by atoms with Crippen molar-refractivity contribution in [1.29, 1.82) is 0 Å². The van der Waals surface area contributed by atoms with Gasteiger partial charge in [0, 0.05) is 19.4 Å². The van der Waals surface area contributed by atoms with E-state index >= 15 is 0 Å². The molecule has 0 rings (SSSR count). The minimum absolute atomic E-state index is 0.0469. The van der Waals surface area contributed by atoms with Crippen LogP contribution in [0.4, 0.5) is 0 Å². The summed E-state index contributed by atoms with van der Waals surface area (Å²) in [5, 5.41) is 0. The Morgan fingerprint density at radius 1 is 0.400 bits per heavy atom. The van der Waals surface area contributed by atoms with Gasteiger partial charge in [0.05, 0.1) is 13.2 Å². The lowest BCUT2D eigenvalue weighted by atomic mass is 10.0. The van der Waals surface area contributed by atoms with Crippen molar-refractivity contribution in [3.8, 4) is 0 Å². The van der Waals surface area contributed by atoms with Crippen molar-refractivity contribution in [3.05, 3.63) is 122 Å². The number of hydrogen-bond acceptors (Lipinski definition) is 8. The molecule has 0 saturated heterocycles. The fraction of sp³-hybridized carbons (Fsp3) is 0.662. The van der Waals surface area contributed by atoms with E-state index in [-0.39, 0.29) is 38.6 Å². The smallest absolute Gasteiger partial charge is 0.462 e. The molecule has 0 amide bonds. The number of phosphoric ester groups is 1. The molecule has 0 aromatic carbocycles. The van der Waals surface area contributed by atoms with Crippen LogP contribution in [0.5, 0.6) is 0 Å². The highest BCUT2D eigenvalue weighted by atomic mass is 31.2. The predicted molar refractivity (Wildman–Crippen MR) is 321 cm³/mol. The molecule has 0 bridgehead atoms. The second kappa shape index (κ2) is 59.7. The average Bonchev–Trinajstić information content (AvgIpc) is 3.40. The van der Waals surface area contributed by atoms with Crippen LogP contribution in [0, 0.1) is 0 Å². The quantitative estimate of drug-likeness (QED) is 0.0264. The van der Waals surface area contributed by atoms with Gasteiger partial charge in [-0.25, -0.2) is 4.57 Å². The molecule has 0 aromatic heterocycles. The van der Waals surface area contributed by atoms with Gasteiger partial charge >= 0.3 is 19.8 Å². The number of hydrogen-bond donors (Lipinski definition) is 2. The summed E-state index contributed by atoms with van der Waals surface area (Å²) in [5.74, 6) is -0.838. The van der Waals surface area contributed by atoms with Crippen LogP contribution in [0.25, 0.3) is 0 Å². The first-order valence-corrected chi connectivity index (χ1v) is 31.5. The molecule has 0 fully saturated rings. The van der Waals surface area contributed by atoms with E-state index in [1.165, 1.54) is 89.9 Å². The Bertz CT molecular complexity index is 1640. The number of phosphoric acid groups is 1. The van der Waals surface area contributed by atoms with Gasteiger partial charge in [-0.3, -0.25) is 18.6 Å². The molecule has 0 aliphatic carbocycles. The predicted octanol–water partition coefficient (Wildman–Crippen LogP) is 19.2. The normalized spacial score (nSPS) is 13.9. The zero-order valence-corrected chi connectivity index (χ0v) is 48.6. The van der Waals surface area contributed by atoms with Gasteiger partial charge in [-0.15, -0.1) is 0 Å². The maximum absolute atomic E-state index is 12.7. The van der Waals surface area contributed by atoms with Crippen molar-refractivity contribution >= 4 is 19.8 Å². The SMILES string of the molecule is CC/C=C\C/C=C\C/C=C\C/C=C\C/C=C\CCCCCCCCCCCCCC(=O)OCC(COP(=O)(O)OCCN)OC(=O)CCCCCCCCCCCCC/C=C\C/C=C\C/C=C\C/C=C\C/C=C\CC. The summed E-state index contributed by atoms with van der Waals surface area (Å²) >= 11 is 0. The number of carbonyl (C=O) groups excluding carboxylic acids is 2. The molecule has 9 nitrogen and oxygen atoms in total. The molecule has 0 spiro atoms. The molecule has 75 heavy (non-hydrogen) atoms. The second-order valence-corrected chi connectivity index (χ2v) is 20.9. The molecule has 3 N–H and O–H groups in total. The Balaban J connectivity index is 4.00. The molecule has 0 aliphatic rings. The zero-order valence-electron chi connectivity index (χ0n) is 47.7. The van der Waals surface area contributed by atoms with E-state index < -0.39 is 26.5 Å². The third-order valence-electron chi connectivity index (χ3n) is 12.3. The minimum Gasteiger partial charge on any atom is -0.462 e. The summed E-state index contributed by atoms with van der Waals surface area (Å²) in [6, 6.07) is 0. The maximum atomic E-state index is 12.7. The average molecular weight is 1060 g/mol. The van der Waals surface area contributed by atoms with E-state index in [0.29, 0.717) is 6.42 Å². The molecule has 2 unspecified atom stereocenters. The van der Waals surface area contributed by atoms with Crippen LogP contribution in [-0.4, -0.2) is 49.3 Å². The summed E-state index contributed by atoms with van der Waals surface area (Å²) < 4.78 is 33.1. The molecule has 0 saturated carbocycles. The third kappa shape index (κ3) is 59.5. The second-order valence-electron chi connectivity index (χ2n) is 19.5. The topological polar surface area (TPSA) is 134 Å². The molecule has 0 radical (unpaired) electrons. The number of nitrogens with two attached hydrogens (primary N) is 1. The lowest BCUT2D eigenvalue weighted by Gasteiger charge is -2.19. The highest BCUT2D eigenvalue weighted by Gasteiger charge is 2.26. The standard InChI is InChI=1S/C65H110NO8P/c1-3-5-7-9-11-13-15-17-19-21-23-25-27-29-31-33-35-37-39-41-43-45-47-49-51-53-55-57-64(67)71-61-63(62-73-75(69,70)72-60-59-66)74-65(68)58-56-54-52-50-48-46-44-42-40-38-36-34-32-30-28-26-24-22-20-18-16-14-12-10-8-6-4-2/h5-8,11-14,17-20,23-26,29-32,63H,3-4,9-10,15-16,21-22,27-28,33-62,66H2,1-2H3,(H,69,70)/b7-5-,8-6-,13-11-,14-12-,19-17-,20-18-,25-23-,26-24-,31-29-,32-30-. The Morgan fingerprint density at radius 3 is 1.03 bits per heavy atom. The number of ether oxygens (including phenoxy) is 2. The Labute approximate surface area is 460 Å². The van der Waals surface area contributed by atoms with Crippen LogP contribution in [0.3, 0.4) is 0 Å². The van der Waals surface area contributed by atoms with Gasteiger partial charge in [-0.05, 0) is 103 Å². The van der Waals surface area contributed by atoms with E-state index in [9.17, 15) is 19.0 Å². The zero-order chi connectivity index (χ0) is 54.5. The Kier molecular flexibility index (Phi) is 56.8. The fourth-order valence-corrected chi connectivity index (χ4v) is 8.75. The molecule has 2 atom stereocenters. The van der Waals surface area contributed by atoms with E-state index in [0.717, 1.165) is 122 Å². The molecule has 0 aliphatic heterocycles. The largest absolute Gasteiger partial charge is 0.472 e. The van der Waals surface area contributed by atoms with Crippen molar-refractivity contribution < 1.29 is 37.6 Å². The van der Waals surface area contributed by atoms with Crippen LogP contribution in [0.15, 0.2) is 122 Å². The summed E-state index contributed by atoms with van der Waals surface area (Å²) in [6.07, 6.45) is 82.5. The van der Waals surface area contributed by atoms with E-state index in [2.05, 4.69) is 135 Å². The van der Waals surface area contributed by atoms with Crippen molar-refractivity contribution in [2.45, 2.75) is 251 Å². The summed E-state index contributed by atoms with van der Waals surface area (Å²) in [5.41, 5.74) is 5.39. The molecule has 0 heterocycles. The number of esters is 2. The first-order chi connectivity index (χ1) is 36.8. The number of unbranched alkanes of at least 4 members (excludes halogenated alkanes) is 22. The summed E-state index contributed by atoms with van der Waals surface area (Å²) in [7, 11) is -4.40. The van der Waals surface area contributed by atoms with E-state index in [1.54, 1.807) is 0 Å². The monoisotopic (exact) mass is 1060 g/mol. The van der Waals surface area contributed by atoms with Gasteiger partial charge in [-0.1, -0.05) is 251 Å². The highest BCUT2D eigenvalue weighted by molar-refractivity contribution is 7.47. The summed E-state index contributed by atoms with van der Waals surface area (Å²) in [6.45, 7) is 3.51. The van der Waals surface area contributed by atoms with Gasteiger partial charge in [-0.2, -0.15) is 0 Å². The van der Waals surface area contributed by atoms with Gasteiger partial charge in [0.25, 0.3) is 0 Å². The van der Waals surface area contributed by atoms with Crippen LogP contribution >= 0.6 is 7.82 Å². The molecular weight excluding hydrogens is 954 g/mol. The molecule has 10 heteroatoms. The summed E-state index contributed by atoms with van der Waals surface area (Å²) in [4.78, 5) is 35.3.